The standard InChI is InChI=1S/C14H12ClNO2/c15-7-5-11-12-10-4-2-1-3-9(10)6-8-16(12)14(18)13(11)17/h1-4H,5-8H2. The van der Waals surface area contributed by atoms with E-state index in [-0.39, 0.29) is 5.78 Å². The molecule has 0 atom stereocenters. The summed E-state index contributed by atoms with van der Waals surface area (Å²) in [5, 5.41) is 0. The number of ketones is 1. The van der Waals surface area contributed by atoms with Crippen molar-refractivity contribution < 1.29 is 9.59 Å². The summed E-state index contributed by atoms with van der Waals surface area (Å²) in [5.74, 6) is -0.435. The predicted molar refractivity (Wildman–Crippen MR) is 69.1 cm³/mol. The van der Waals surface area contributed by atoms with Gasteiger partial charge in [-0.2, -0.15) is 0 Å². The maximum atomic E-state index is 12.0. The van der Waals surface area contributed by atoms with Crippen LogP contribution in [0.15, 0.2) is 29.8 Å². The van der Waals surface area contributed by atoms with Crippen LogP contribution in [0.25, 0.3) is 5.70 Å². The van der Waals surface area contributed by atoms with E-state index in [1.54, 1.807) is 4.90 Å². The highest BCUT2D eigenvalue weighted by Gasteiger charge is 2.40. The second kappa shape index (κ2) is 4.25. The first-order chi connectivity index (χ1) is 8.74. The van der Waals surface area contributed by atoms with Crippen molar-refractivity contribution >= 4 is 29.0 Å². The van der Waals surface area contributed by atoms with Gasteiger partial charge in [0.15, 0.2) is 0 Å². The molecule has 0 aromatic heterocycles. The third-order valence-electron chi connectivity index (χ3n) is 3.49. The summed E-state index contributed by atoms with van der Waals surface area (Å²) >= 11 is 5.74. The van der Waals surface area contributed by atoms with Gasteiger partial charge in [0.05, 0.1) is 5.70 Å². The second-order valence-corrected chi connectivity index (χ2v) is 4.84. The van der Waals surface area contributed by atoms with E-state index in [9.17, 15) is 9.59 Å². The Labute approximate surface area is 110 Å². The fraction of sp³-hybridized carbons (Fsp3) is 0.286. The van der Waals surface area contributed by atoms with Gasteiger partial charge < -0.3 is 4.90 Å². The quantitative estimate of drug-likeness (QED) is 0.603. The van der Waals surface area contributed by atoms with Crippen LogP contribution in [-0.2, 0) is 16.0 Å². The lowest BCUT2D eigenvalue weighted by Crippen LogP contribution is -2.33. The summed E-state index contributed by atoms with van der Waals surface area (Å²) in [6.45, 7) is 0.586. The van der Waals surface area contributed by atoms with Gasteiger partial charge in [0.2, 0.25) is 5.78 Å². The van der Waals surface area contributed by atoms with Crippen LogP contribution in [0.5, 0.6) is 0 Å². The number of fused-ring (bicyclic) bond motifs is 3. The molecule has 3 rings (SSSR count). The molecule has 18 heavy (non-hydrogen) atoms. The van der Waals surface area contributed by atoms with Gasteiger partial charge in [0, 0.05) is 23.6 Å². The first-order valence-corrected chi connectivity index (χ1v) is 6.51. The minimum Gasteiger partial charge on any atom is -0.304 e. The van der Waals surface area contributed by atoms with Gasteiger partial charge >= 0.3 is 0 Å². The molecular weight excluding hydrogens is 250 g/mol. The van der Waals surface area contributed by atoms with E-state index in [0.717, 1.165) is 17.7 Å². The summed E-state index contributed by atoms with van der Waals surface area (Å²) in [5.41, 5.74) is 3.55. The number of hydrogen-bond donors (Lipinski definition) is 0. The molecule has 3 nitrogen and oxygen atoms in total. The molecule has 0 fully saturated rings. The zero-order chi connectivity index (χ0) is 12.7. The van der Waals surface area contributed by atoms with Crippen molar-refractivity contribution in [2.75, 3.05) is 12.4 Å². The van der Waals surface area contributed by atoms with Crippen molar-refractivity contribution in [1.82, 2.24) is 4.90 Å². The van der Waals surface area contributed by atoms with Gasteiger partial charge in [0.1, 0.15) is 0 Å². The number of rotatable bonds is 2. The first kappa shape index (κ1) is 11.5. The number of halogens is 1. The smallest absolute Gasteiger partial charge is 0.299 e. The van der Waals surface area contributed by atoms with Crippen LogP contribution in [-0.4, -0.2) is 29.0 Å². The molecule has 0 saturated heterocycles. The highest BCUT2D eigenvalue weighted by atomic mass is 35.5. The molecule has 0 N–H and O–H groups in total. The predicted octanol–water partition coefficient (Wildman–Crippen LogP) is 1.99. The number of amides is 1. The molecule has 4 heteroatoms. The fourth-order valence-corrected chi connectivity index (χ4v) is 2.86. The van der Waals surface area contributed by atoms with Gasteiger partial charge in [-0.25, -0.2) is 0 Å². The lowest BCUT2D eigenvalue weighted by atomic mass is 9.95. The summed E-state index contributed by atoms with van der Waals surface area (Å²) in [6, 6.07) is 7.93. The number of hydrogen-bond acceptors (Lipinski definition) is 2. The van der Waals surface area contributed by atoms with E-state index in [4.69, 9.17) is 11.6 Å². The average molecular weight is 262 g/mol. The molecule has 0 unspecified atom stereocenters. The van der Waals surface area contributed by atoms with Gasteiger partial charge in [-0.3, -0.25) is 9.59 Å². The Kier molecular flexibility index (Phi) is 2.71. The number of carbonyl (C=O) groups excluding carboxylic acids is 2. The van der Waals surface area contributed by atoms with Crippen molar-refractivity contribution in [1.29, 1.82) is 0 Å². The molecule has 2 heterocycles. The van der Waals surface area contributed by atoms with Crippen molar-refractivity contribution in [3.05, 3.63) is 41.0 Å². The Bertz CT molecular complexity index is 577. The normalized spacial score (nSPS) is 18.2. The van der Waals surface area contributed by atoms with Crippen LogP contribution >= 0.6 is 11.6 Å². The summed E-state index contributed by atoms with van der Waals surface area (Å²) in [4.78, 5) is 25.5. The molecule has 1 aromatic carbocycles. The summed E-state index contributed by atoms with van der Waals surface area (Å²) in [6.07, 6.45) is 1.25. The summed E-state index contributed by atoms with van der Waals surface area (Å²) < 4.78 is 0. The average Bonchev–Trinajstić information content (AvgIpc) is 2.65. The van der Waals surface area contributed by atoms with E-state index >= 15 is 0 Å². The van der Waals surface area contributed by atoms with Crippen LogP contribution in [0, 0.1) is 0 Å². The Hall–Kier alpha value is -1.61. The van der Waals surface area contributed by atoms with E-state index in [2.05, 4.69) is 0 Å². The third kappa shape index (κ3) is 1.51. The molecule has 0 bridgehead atoms. The number of Topliss-reactive ketones (excluding diaryl/α,β-unsaturated/α-hetero) is 1. The molecule has 2 aliphatic rings. The van der Waals surface area contributed by atoms with Crippen LogP contribution in [0.2, 0.25) is 0 Å². The Morgan fingerprint density at radius 1 is 1.22 bits per heavy atom. The van der Waals surface area contributed by atoms with Crippen LogP contribution < -0.4 is 0 Å². The Morgan fingerprint density at radius 3 is 2.78 bits per heavy atom. The third-order valence-corrected chi connectivity index (χ3v) is 3.68. The molecular formula is C14H12ClNO2. The SMILES string of the molecule is O=C1C(=O)N2CCc3ccccc3C2=C1CCCl. The maximum absolute atomic E-state index is 12.0. The van der Waals surface area contributed by atoms with Crippen LogP contribution in [0.1, 0.15) is 17.5 Å². The number of nitrogens with zero attached hydrogens (tertiary/aromatic N) is 1. The highest BCUT2D eigenvalue weighted by Crippen LogP contribution is 2.37. The lowest BCUT2D eigenvalue weighted by molar-refractivity contribution is -0.139. The minimum absolute atomic E-state index is 0.355. The van der Waals surface area contributed by atoms with E-state index in [0.29, 0.717) is 24.4 Å². The molecule has 1 amide bonds. The van der Waals surface area contributed by atoms with E-state index in [1.165, 1.54) is 5.56 Å². The number of benzene rings is 1. The van der Waals surface area contributed by atoms with E-state index in [1.807, 2.05) is 24.3 Å². The molecule has 1 aromatic rings. The van der Waals surface area contributed by atoms with Crippen molar-refractivity contribution in [2.45, 2.75) is 12.8 Å². The molecule has 0 saturated carbocycles. The molecule has 0 radical (unpaired) electrons. The van der Waals surface area contributed by atoms with Crippen molar-refractivity contribution in [3.63, 3.8) is 0 Å². The van der Waals surface area contributed by atoms with Gasteiger partial charge in [-0.15, -0.1) is 11.6 Å². The van der Waals surface area contributed by atoms with Crippen molar-refractivity contribution in [2.24, 2.45) is 0 Å². The zero-order valence-corrected chi connectivity index (χ0v) is 10.5. The summed E-state index contributed by atoms with van der Waals surface area (Å²) in [7, 11) is 0. The molecule has 92 valence electrons. The monoisotopic (exact) mass is 261 g/mol. The Morgan fingerprint density at radius 2 is 2.00 bits per heavy atom. The topological polar surface area (TPSA) is 37.4 Å². The minimum atomic E-state index is -0.403. The maximum Gasteiger partial charge on any atom is 0.299 e. The molecule has 2 aliphatic heterocycles. The fourth-order valence-electron chi connectivity index (χ4n) is 2.67. The molecule has 0 aliphatic carbocycles. The Balaban J connectivity index is 2.20. The molecule has 0 spiro atoms. The van der Waals surface area contributed by atoms with Gasteiger partial charge in [-0.05, 0) is 18.4 Å². The number of alkyl halides is 1. The second-order valence-electron chi connectivity index (χ2n) is 4.46. The van der Waals surface area contributed by atoms with Gasteiger partial charge in [-0.1, -0.05) is 24.3 Å². The first-order valence-electron chi connectivity index (χ1n) is 5.97. The van der Waals surface area contributed by atoms with Gasteiger partial charge in [0.25, 0.3) is 5.91 Å². The number of carbonyl (C=O) groups is 2. The highest BCUT2D eigenvalue weighted by molar-refractivity contribution is 6.48. The zero-order valence-electron chi connectivity index (χ0n) is 9.78. The van der Waals surface area contributed by atoms with Crippen LogP contribution in [0.4, 0.5) is 0 Å². The van der Waals surface area contributed by atoms with Crippen LogP contribution in [0.3, 0.4) is 0 Å². The lowest BCUT2D eigenvalue weighted by Gasteiger charge is -2.27. The largest absolute Gasteiger partial charge is 0.304 e. The van der Waals surface area contributed by atoms with E-state index < -0.39 is 5.91 Å². The van der Waals surface area contributed by atoms with Crippen molar-refractivity contribution in [3.8, 4) is 0 Å².